The van der Waals surface area contributed by atoms with Gasteiger partial charge in [0.1, 0.15) is 5.82 Å². The molecule has 1 aliphatic carbocycles. The Labute approximate surface area is 176 Å². The number of nitrogens with zero attached hydrogens (tertiary/aromatic N) is 4. The van der Waals surface area contributed by atoms with E-state index in [2.05, 4.69) is 39.5 Å². The maximum absolute atomic E-state index is 6.39. The smallest absolute Gasteiger partial charge is 0.226 e. The monoisotopic (exact) mass is 404 g/mol. The highest BCUT2D eigenvalue weighted by atomic mass is 16.5. The minimum absolute atomic E-state index is 0.529. The first-order chi connectivity index (χ1) is 14.8. The number of hydrogen-bond acceptors (Lipinski definition) is 7. The van der Waals surface area contributed by atoms with E-state index in [0.717, 1.165) is 81.7 Å². The molecule has 0 spiro atoms. The fourth-order valence-corrected chi connectivity index (χ4v) is 4.53. The molecule has 30 heavy (non-hydrogen) atoms. The average Bonchev–Trinajstić information content (AvgIpc) is 3.27. The summed E-state index contributed by atoms with van der Waals surface area (Å²) in [4.78, 5) is 16.7. The van der Waals surface area contributed by atoms with Crippen LogP contribution in [-0.4, -0.2) is 59.2 Å². The van der Waals surface area contributed by atoms with Gasteiger partial charge in [0, 0.05) is 25.2 Å². The first kappa shape index (κ1) is 19.2. The maximum Gasteiger partial charge on any atom is 0.226 e. The number of fused-ring (bicyclic) bond motifs is 3. The molecule has 3 aromatic rings. The molecule has 1 aromatic carbocycles. The summed E-state index contributed by atoms with van der Waals surface area (Å²) in [5, 5.41) is 4.28. The predicted molar refractivity (Wildman–Crippen MR) is 120 cm³/mol. The molecule has 1 fully saturated rings. The highest BCUT2D eigenvalue weighted by Gasteiger charge is 2.23. The van der Waals surface area contributed by atoms with Crippen molar-refractivity contribution in [2.45, 2.75) is 25.7 Å². The number of morpholine rings is 1. The molecule has 0 unspecified atom stereocenters. The van der Waals surface area contributed by atoms with Crippen molar-refractivity contribution in [3.63, 3.8) is 0 Å². The molecule has 1 aliphatic heterocycles. The molecule has 156 valence electrons. The van der Waals surface area contributed by atoms with Gasteiger partial charge in [0.15, 0.2) is 5.65 Å². The zero-order chi connectivity index (χ0) is 20.3. The molecule has 5 rings (SSSR count). The van der Waals surface area contributed by atoms with Gasteiger partial charge in [-0.2, -0.15) is 9.97 Å². The van der Waals surface area contributed by atoms with Crippen molar-refractivity contribution in [1.82, 2.24) is 19.9 Å². The summed E-state index contributed by atoms with van der Waals surface area (Å²) in [6.07, 6.45) is 4.18. The molecule has 7 nitrogen and oxygen atoms in total. The van der Waals surface area contributed by atoms with Crippen molar-refractivity contribution in [3.8, 4) is 11.3 Å². The van der Waals surface area contributed by atoms with Crippen molar-refractivity contribution in [3.05, 3.63) is 41.5 Å². The van der Waals surface area contributed by atoms with Crippen molar-refractivity contribution < 1.29 is 4.74 Å². The standard InChI is InChI=1S/C23H28N6O/c24-21-19-17-8-4-9-18(17)20(16-6-2-1-3-7-16)26-22(19)28-23(27-21)25-10-5-11-29-12-14-30-15-13-29/h1-3,6-7H,4-5,8-15H2,(H3,24,25,26,27,28). The summed E-state index contributed by atoms with van der Waals surface area (Å²) in [6.45, 7) is 5.53. The van der Waals surface area contributed by atoms with E-state index in [1.54, 1.807) is 0 Å². The first-order valence-electron chi connectivity index (χ1n) is 10.9. The van der Waals surface area contributed by atoms with Gasteiger partial charge in [0.25, 0.3) is 0 Å². The van der Waals surface area contributed by atoms with Gasteiger partial charge in [-0.15, -0.1) is 0 Å². The number of rotatable bonds is 6. The lowest BCUT2D eigenvalue weighted by atomic mass is 10.0. The molecular formula is C23H28N6O. The first-order valence-corrected chi connectivity index (χ1v) is 10.9. The van der Waals surface area contributed by atoms with E-state index in [4.69, 9.17) is 20.4 Å². The normalized spacial score (nSPS) is 16.7. The molecule has 0 amide bonds. The number of hydrogen-bond donors (Lipinski definition) is 2. The van der Waals surface area contributed by atoms with Crippen LogP contribution in [-0.2, 0) is 17.6 Å². The molecule has 0 radical (unpaired) electrons. The number of aryl methyl sites for hydroxylation is 1. The second-order valence-electron chi connectivity index (χ2n) is 8.00. The third-order valence-electron chi connectivity index (χ3n) is 6.03. The zero-order valence-electron chi connectivity index (χ0n) is 17.2. The van der Waals surface area contributed by atoms with E-state index in [9.17, 15) is 0 Å². The number of ether oxygens (including phenoxy) is 1. The topological polar surface area (TPSA) is 89.2 Å². The van der Waals surface area contributed by atoms with E-state index in [-0.39, 0.29) is 0 Å². The van der Waals surface area contributed by atoms with Crippen LogP contribution in [0.25, 0.3) is 22.3 Å². The minimum Gasteiger partial charge on any atom is -0.383 e. The van der Waals surface area contributed by atoms with Crippen LogP contribution in [0.1, 0.15) is 24.0 Å². The highest BCUT2D eigenvalue weighted by molar-refractivity contribution is 5.93. The van der Waals surface area contributed by atoms with Crippen LogP contribution >= 0.6 is 0 Å². The van der Waals surface area contributed by atoms with E-state index >= 15 is 0 Å². The SMILES string of the molecule is Nc1nc(NCCCN2CCOCC2)nc2nc(-c3ccccc3)c3c(c12)CCC3. The van der Waals surface area contributed by atoms with Crippen molar-refractivity contribution in [2.75, 3.05) is 50.4 Å². The molecular weight excluding hydrogens is 376 g/mol. The Morgan fingerprint density at radius 2 is 1.80 bits per heavy atom. The second-order valence-corrected chi connectivity index (χ2v) is 8.00. The maximum atomic E-state index is 6.39. The van der Waals surface area contributed by atoms with Gasteiger partial charge >= 0.3 is 0 Å². The van der Waals surface area contributed by atoms with E-state index < -0.39 is 0 Å². The van der Waals surface area contributed by atoms with Gasteiger partial charge in [0.2, 0.25) is 5.95 Å². The number of nitrogens with one attached hydrogen (secondary N) is 1. The van der Waals surface area contributed by atoms with Gasteiger partial charge in [-0.25, -0.2) is 4.98 Å². The van der Waals surface area contributed by atoms with E-state index in [0.29, 0.717) is 17.4 Å². The van der Waals surface area contributed by atoms with Crippen molar-refractivity contribution in [1.29, 1.82) is 0 Å². The Balaban J connectivity index is 1.39. The van der Waals surface area contributed by atoms with E-state index in [1.165, 1.54) is 11.1 Å². The second kappa shape index (κ2) is 8.53. The van der Waals surface area contributed by atoms with Crippen molar-refractivity contribution >= 4 is 22.8 Å². The van der Waals surface area contributed by atoms with Crippen LogP contribution in [0.2, 0.25) is 0 Å². The van der Waals surface area contributed by atoms with Crippen LogP contribution in [0.15, 0.2) is 30.3 Å². The fourth-order valence-electron chi connectivity index (χ4n) is 4.53. The lowest BCUT2D eigenvalue weighted by Crippen LogP contribution is -2.37. The molecule has 0 bridgehead atoms. The van der Waals surface area contributed by atoms with Gasteiger partial charge in [-0.05, 0) is 43.4 Å². The Hall–Kier alpha value is -2.77. The molecule has 7 heteroatoms. The largest absolute Gasteiger partial charge is 0.383 e. The van der Waals surface area contributed by atoms with Crippen LogP contribution < -0.4 is 11.1 Å². The Bertz CT molecular complexity index is 1030. The molecule has 0 saturated carbocycles. The zero-order valence-corrected chi connectivity index (χ0v) is 17.2. The van der Waals surface area contributed by atoms with Gasteiger partial charge < -0.3 is 15.8 Å². The number of aromatic nitrogens is 3. The number of benzene rings is 1. The predicted octanol–water partition coefficient (Wildman–Crippen LogP) is 2.90. The summed E-state index contributed by atoms with van der Waals surface area (Å²) < 4.78 is 5.40. The lowest BCUT2D eigenvalue weighted by molar-refractivity contribution is 0.0378. The molecule has 2 aliphatic rings. The van der Waals surface area contributed by atoms with Crippen LogP contribution in [0, 0.1) is 0 Å². The summed E-state index contributed by atoms with van der Waals surface area (Å²) in [6, 6.07) is 10.4. The summed E-state index contributed by atoms with van der Waals surface area (Å²) in [7, 11) is 0. The lowest BCUT2D eigenvalue weighted by Gasteiger charge is -2.26. The third kappa shape index (κ3) is 3.82. The molecule has 3 N–H and O–H groups in total. The summed E-state index contributed by atoms with van der Waals surface area (Å²) in [5.41, 5.74) is 11.8. The van der Waals surface area contributed by atoms with Gasteiger partial charge in [-0.1, -0.05) is 30.3 Å². The number of nitrogen functional groups attached to an aromatic ring is 1. The van der Waals surface area contributed by atoms with Crippen molar-refractivity contribution in [2.24, 2.45) is 0 Å². The number of pyridine rings is 1. The quantitative estimate of drug-likeness (QED) is 0.611. The highest BCUT2D eigenvalue weighted by Crippen LogP contribution is 2.37. The number of nitrogens with two attached hydrogens (primary N) is 1. The van der Waals surface area contributed by atoms with Crippen LogP contribution in [0.5, 0.6) is 0 Å². The molecule has 0 atom stereocenters. The Morgan fingerprint density at radius 3 is 2.63 bits per heavy atom. The fraction of sp³-hybridized carbons (Fsp3) is 0.435. The van der Waals surface area contributed by atoms with E-state index in [1.807, 2.05) is 6.07 Å². The minimum atomic E-state index is 0.529. The molecule has 1 saturated heterocycles. The Morgan fingerprint density at radius 1 is 1.00 bits per heavy atom. The summed E-state index contributed by atoms with van der Waals surface area (Å²) in [5.74, 6) is 1.09. The molecule has 2 aromatic heterocycles. The van der Waals surface area contributed by atoms with Crippen LogP contribution in [0.4, 0.5) is 11.8 Å². The third-order valence-corrected chi connectivity index (χ3v) is 6.03. The average molecular weight is 405 g/mol. The molecule has 3 heterocycles. The Kier molecular flexibility index (Phi) is 5.46. The summed E-state index contributed by atoms with van der Waals surface area (Å²) >= 11 is 0. The number of anilines is 2. The van der Waals surface area contributed by atoms with Gasteiger partial charge in [0.05, 0.1) is 24.3 Å². The van der Waals surface area contributed by atoms with Gasteiger partial charge in [-0.3, -0.25) is 4.90 Å². The van der Waals surface area contributed by atoms with Crippen LogP contribution in [0.3, 0.4) is 0 Å².